The summed E-state index contributed by atoms with van der Waals surface area (Å²) in [5.41, 5.74) is 4.22. The molecule has 0 nitrogen and oxygen atoms in total. The van der Waals surface area contributed by atoms with E-state index in [1.165, 1.54) is 35.7 Å². The summed E-state index contributed by atoms with van der Waals surface area (Å²) in [6.07, 6.45) is 7.65. The van der Waals surface area contributed by atoms with Gasteiger partial charge in [0.15, 0.2) is 0 Å². The summed E-state index contributed by atoms with van der Waals surface area (Å²) in [5.74, 6) is 0. The zero-order chi connectivity index (χ0) is 13.7. The Bertz CT molecular complexity index is 1000. The van der Waals surface area contributed by atoms with Crippen LogP contribution >= 0.6 is 0 Å². The molecule has 0 radical (unpaired) electrons. The minimum atomic E-state index is 0. The fourth-order valence-corrected chi connectivity index (χ4v) is 4.92. The number of halogens is 2. The standard InChI is InChI=1S/C19H13.2ClH.Hf/c1-13-10-11-17-16-9-5-4-8-15(16)12-18(17)19(13)14-6-2-3-7-14;;;/h2-6,8-11H,1,7H2;2*1H;/q;;;+2/p-2. The maximum atomic E-state index is 4.27. The van der Waals surface area contributed by atoms with Crippen molar-refractivity contribution in [2.75, 3.05) is 0 Å². The van der Waals surface area contributed by atoms with Crippen molar-refractivity contribution in [2.24, 2.45) is 0 Å². The van der Waals surface area contributed by atoms with Crippen LogP contribution < -0.4 is 35.3 Å². The fourth-order valence-electron chi connectivity index (χ4n) is 3.20. The average molecular weight is 491 g/mol. The maximum absolute atomic E-state index is 4.27. The first-order valence-corrected chi connectivity index (χ1v) is 8.61. The molecule has 107 valence electrons. The first kappa shape index (κ1) is 17.5. The SMILES string of the molecule is C=c1ccc2c(c1C1=CC=CC1)[C]([Hf+2])=c1ccccc1=2.[Cl-].[Cl-]. The zero-order valence-electron chi connectivity index (χ0n) is 11.9. The molecule has 2 aliphatic carbocycles. The number of hydrogen-bond acceptors (Lipinski definition) is 0. The Hall–Kier alpha value is -0.890. The Morgan fingerprint density at radius 1 is 0.864 bits per heavy atom. The van der Waals surface area contributed by atoms with Crippen LogP contribution in [0.15, 0.2) is 54.6 Å². The smallest absolute Gasteiger partial charge is 1.00 e. The van der Waals surface area contributed by atoms with Crippen LogP contribution in [0.3, 0.4) is 0 Å². The van der Waals surface area contributed by atoms with E-state index in [4.69, 9.17) is 0 Å². The van der Waals surface area contributed by atoms with Crippen LogP contribution in [-0.4, -0.2) is 0 Å². The van der Waals surface area contributed by atoms with Crippen molar-refractivity contribution < 1.29 is 49.2 Å². The summed E-state index contributed by atoms with van der Waals surface area (Å²) in [6, 6.07) is 13.2. The van der Waals surface area contributed by atoms with Gasteiger partial charge in [0.2, 0.25) is 0 Å². The van der Waals surface area contributed by atoms with Crippen LogP contribution in [0.1, 0.15) is 17.5 Å². The molecule has 0 unspecified atom stereocenters. The van der Waals surface area contributed by atoms with E-state index in [1.54, 1.807) is 0 Å². The van der Waals surface area contributed by atoms with Crippen molar-refractivity contribution in [1.29, 1.82) is 0 Å². The third kappa shape index (κ3) is 2.50. The average Bonchev–Trinajstić information content (AvgIpc) is 3.08. The van der Waals surface area contributed by atoms with Crippen molar-refractivity contribution in [3.8, 4) is 0 Å². The summed E-state index contributed by atoms with van der Waals surface area (Å²) in [4.78, 5) is 0. The van der Waals surface area contributed by atoms with Crippen molar-refractivity contribution in [2.45, 2.75) is 6.42 Å². The van der Waals surface area contributed by atoms with E-state index in [2.05, 4.69) is 61.2 Å². The van der Waals surface area contributed by atoms with Gasteiger partial charge in [-0.05, 0) is 0 Å². The minimum absolute atomic E-state index is 0. The molecule has 0 saturated carbocycles. The second kappa shape index (κ2) is 6.70. The van der Waals surface area contributed by atoms with E-state index in [9.17, 15) is 0 Å². The molecule has 22 heavy (non-hydrogen) atoms. The molecule has 0 heterocycles. The van der Waals surface area contributed by atoms with Gasteiger partial charge in [-0.15, -0.1) is 0 Å². The first-order chi connectivity index (χ1) is 9.77. The van der Waals surface area contributed by atoms with E-state index in [0.29, 0.717) is 0 Å². The maximum Gasteiger partial charge on any atom is -1.00 e. The van der Waals surface area contributed by atoms with Crippen molar-refractivity contribution >= 4 is 15.5 Å². The molecule has 2 aliphatic rings. The van der Waals surface area contributed by atoms with Gasteiger partial charge >= 0.3 is 133 Å². The van der Waals surface area contributed by atoms with Crippen LogP contribution in [0.5, 0.6) is 0 Å². The van der Waals surface area contributed by atoms with E-state index in [0.717, 1.165) is 36.0 Å². The summed E-state index contributed by atoms with van der Waals surface area (Å²) < 4.78 is 1.52. The number of hydrogen-bond donors (Lipinski definition) is 0. The van der Waals surface area contributed by atoms with Crippen molar-refractivity contribution in [1.82, 2.24) is 0 Å². The molecule has 0 N–H and O–H groups in total. The number of benzene rings is 2. The van der Waals surface area contributed by atoms with E-state index < -0.39 is 0 Å². The predicted octanol–water partition coefficient (Wildman–Crippen LogP) is -3.25. The summed E-state index contributed by atoms with van der Waals surface area (Å²) >= 11 is 1.06. The third-order valence-electron chi connectivity index (χ3n) is 4.12. The molecule has 0 bridgehead atoms. The molecule has 4 rings (SSSR count). The number of fused-ring (bicyclic) bond motifs is 2. The van der Waals surface area contributed by atoms with Crippen LogP contribution in [0.2, 0.25) is 0 Å². The van der Waals surface area contributed by atoms with Gasteiger partial charge in [0.25, 0.3) is 0 Å². The Balaban J connectivity index is 0.000000882. The fraction of sp³-hybridized carbons (Fsp3) is 0.0526. The quantitative estimate of drug-likeness (QED) is 0.369. The topological polar surface area (TPSA) is 0 Å². The molecule has 0 atom stereocenters. The molecule has 3 heteroatoms. The Morgan fingerprint density at radius 2 is 1.59 bits per heavy atom. The monoisotopic (exact) mass is 491 g/mol. The molecule has 0 aliphatic heterocycles. The van der Waals surface area contributed by atoms with Gasteiger partial charge in [0, 0.05) is 0 Å². The summed E-state index contributed by atoms with van der Waals surface area (Å²) in [5, 5.41) is 5.36. The van der Waals surface area contributed by atoms with Crippen LogP contribution in [-0.2, 0) is 24.4 Å². The normalized spacial score (nSPS) is 13.9. The van der Waals surface area contributed by atoms with Gasteiger partial charge < -0.3 is 24.8 Å². The Kier molecular flexibility index (Phi) is 5.32. The second-order valence-corrected chi connectivity index (χ2v) is 7.06. The minimum Gasteiger partial charge on any atom is -1.00 e. The van der Waals surface area contributed by atoms with Gasteiger partial charge in [-0.25, -0.2) is 0 Å². The van der Waals surface area contributed by atoms with Crippen LogP contribution in [0.4, 0.5) is 0 Å². The van der Waals surface area contributed by atoms with Gasteiger partial charge in [-0.2, -0.15) is 0 Å². The van der Waals surface area contributed by atoms with Crippen molar-refractivity contribution in [3.63, 3.8) is 0 Å². The van der Waals surface area contributed by atoms with Gasteiger partial charge in [-0.1, -0.05) is 0 Å². The largest absolute Gasteiger partial charge is 1.00 e. The van der Waals surface area contributed by atoms with Gasteiger partial charge in [-0.3, -0.25) is 0 Å². The number of allylic oxidation sites excluding steroid dienone is 4. The predicted molar refractivity (Wildman–Crippen MR) is 79.6 cm³/mol. The van der Waals surface area contributed by atoms with Crippen molar-refractivity contribution in [3.05, 3.63) is 86.6 Å². The molecule has 0 fully saturated rings. The summed E-state index contributed by atoms with van der Waals surface area (Å²) in [7, 11) is 0. The molecule has 0 saturated heterocycles. The Labute approximate surface area is 157 Å². The van der Waals surface area contributed by atoms with Gasteiger partial charge in [0.1, 0.15) is 0 Å². The van der Waals surface area contributed by atoms with Gasteiger partial charge in [0.05, 0.1) is 0 Å². The molecule has 0 amide bonds. The third-order valence-corrected chi connectivity index (χ3v) is 5.99. The van der Waals surface area contributed by atoms with Crippen LogP contribution in [0, 0.1) is 10.4 Å². The molecular formula is C19H13Cl2Hf. The van der Waals surface area contributed by atoms with Crippen LogP contribution in [0.25, 0.3) is 15.5 Å². The zero-order valence-corrected chi connectivity index (χ0v) is 17.0. The molecule has 0 aromatic heterocycles. The molecular weight excluding hydrogens is 478 g/mol. The van der Waals surface area contributed by atoms with E-state index >= 15 is 0 Å². The molecule has 2 aromatic carbocycles. The summed E-state index contributed by atoms with van der Waals surface area (Å²) in [6.45, 7) is 4.27. The second-order valence-electron chi connectivity index (χ2n) is 5.27. The first-order valence-electron chi connectivity index (χ1n) is 6.81. The number of rotatable bonds is 1. The Morgan fingerprint density at radius 3 is 2.27 bits per heavy atom. The van der Waals surface area contributed by atoms with E-state index in [1.807, 2.05) is 0 Å². The molecule has 2 aromatic rings. The van der Waals surface area contributed by atoms with E-state index in [-0.39, 0.29) is 24.8 Å². The molecule has 0 spiro atoms.